The van der Waals surface area contributed by atoms with Gasteiger partial charge in [-0.25, -0.2) is 4.98 Å². The first-order chi connectivity index (χ1) is 14.9. The van der Waals surface area contributed by atoms with Gasteiger partial charge in [0, 0.05) is 47.7 Å². The van der Waals surface area contributed by atoms with Crippen LogP contribution in [-0.2, 0) is 6.61 Å². The number of pyridine rings is 2. The number of H-pyrrole nitrogens is 1. The molecule has 5 nitrogen and oxygen atoms in total. The lowest BCUT2D eigenvalue weighted by molar-refractivity contribution is 0.294. The summed E-state index contributed by atoms with van der Waals surface area (Å²) in [6.07, 6.45) is 11.8. The van der Waals surface area contributed by atoms with Crippen molar-refractivity contribution < 1.29 is 4.74 Å². The number of benzene rings is 1. The molecular formula is C25H22N4O. The van der Waals surface area contributed by atoms with Crippen LogP contribution in [0, 0.1) is 0 Å². The first-order valence-electron chi connectivity index (χ1n) is 10.2. The lowest BCUT2D eigenvalue weighted by Gasteiger charge is -2.16. The summed E-state index contributed by atoms with van der Waals surface area (Å²) in [4.78, 5) is 16.8. The van der Waals surface area contributed by atoms with Crippen LogP contribution < -0.4 is 4.74 Å². The number of fused-ring (bicyclic) bond motifs is 1. The van der Waals surface area contributed by atoms with E-state index < -0.39 is 0 Å². The predicted molar refractivity (Wildman–Crippen MR) is 120 cm³/mol. The second-order valence-electron chi connectivity index (χ2n) is 7.33. The van der Waals surface area contributed by atoms with Crippen LogP contribution >= 0.6 is 0 Å². The summed E-state index contributed by atoms with van der Waals surface area (Å²) in [6, 6.07) is 16.2. The van der Waals surface area contributed by atoms with Crippen molar-refractivity contribution in [1.29, 1.82) is 0 Å². The molecule has 5 rings (SSSR count). The number of nitrogens with one attached hydrogen (secondary N) is 1. The summed E-state index contributed by atoms with van der Waals surface area (Å²) in [5.41, 5.74) is 6.57. The van der Waals surface area contributed by atoms with E-state index in [-0.39, 0.29) is 0 Å². The molecule has 0 radical (unpaired) electrons. The molecule has 0 aliphatic carbocycles. The number of hydrogen-bond donors (Lipinski definition) is 1. The molecule has 4 heterocycles. The van der Waals surface area contributed by atoms with Crippen LogP contribution in [0.5, 0.6) is 5.88 Å². The molecule has 0 saturated heterocycles. The zero-order valence-electron chi connectivity index (χ0n) is 16.6. The SMILES string of the molecule is C(=C1/CCCN=C1c1cccnc1)/c1c[nH]c2cnc(OCc3ccccc3)cc12. The Balaban J connectivity index is 1.45. The number of aromatic amines is 1. The second-order valence-corrected chi connectivity index (χ2v) is 7.33. The Morgan fingerprint density at radius 1 is 1.07 bits per heavy atom. The molecule has 0 amide bonds. The van der Waals surface area contributed by atoms with Gasteiger partial charge >= 0.3 is 0 Å². The van der Waals surface area contributed by atoms with Gasteiger partial charge in [-0.1, -0.05) is 30.3 Å². The van der Waals surface area contributed by atoms with Gasteiger partial charge in [0.25, 0.3) is 0 Å². The van der Waals surface area contributed by atoms with Crippen molar-refractivity contribution in [3.05, 3.63) is 95.6 Å². The highest BCUT2D eigenvalue weighted by atomic mass is 16.5. The van der Waals surface area contributed by atoms with E-state index in [4.69, 9.17) is 9.73 Å². The highest BCUT2D eigenvalue weighted by Gasteiger charge is 2.15. The molecule has 0 unspecified atom stereocenters. The number of aliphatic imine (C=N–C) groups is 1. The van der Waals surface area contributed by atoms with Crippen molar-refractivity contribution in [2.75, 3.05) is 6.54 Å². The van der Waals surface area contributed by atoms with Gasteiger partial charge in [-0.15, -0.1) is 0 Å². The van der Waals surface area contributed by atoms with E-state index in [1.54, 1.807) is 6.20 Å². The molecular weight excluding hydrogens is 372 g/mol. The van der Waals surface area contributed by atoms with Crippen molar-refractivity contribution in [2.45, 2.75) is 19.4 Å². The Bertz CT molecular complexity index is 1210. The van der Waals surface area contributed by atoms with Crippen molar-refractivity contribution in [1.82, 2.24) is 15.0 Å². The number of ether oxygens (including phenoxy) is 1. The van der Waals surface area contributed by atoms with Gasteiger partial charge in [0.1, 0.15) is 6.61 Å². The van der Waals surface area contributed by atoms with Gasteiger partial charge in [-0.2, -0.15) is 0 Å². The lowest BCUT2D eigenvalue weighted by Crippen LogP contribution is -2.11. The predicted octanol–water partition coefficient (Wildman–Crippen LogP) is 5.20. The molecule has 1 aromatic carbocycles. The molecule has 1 aliphatic rings. The molecule has 5 heteroatoms. The van der Waals surface area contributed by atoms with E-state index in [1.807, 2.05) is 61.1 Å². The first-order valence-corrected chi connectivity index (χ1v) is 10.2. The van der Waals surface area contributed by atoms with Gasteiger partial charge in [-0.3, -0.25) is 9.98 Å². The third-order valence-corrected chi connectivity index (χ3v) is 5.25. The van der Waals surface area contributed by atoms with Gasteiger partial charge < -0.3 is 9.72 Å². The monoisotopic (exact) mass is 394 g/mol. The number of rotatable bonds is 5. The van der Waals surface area contributed by atoms with Gasteiger partial charge in [0.2, 0.25) is 5.88 Å². The van der Waals surface area contributed by atoms with Gasteiger partial charge in [0.05, 0.1) is 17.4 Å². The Hall–Kier alpha value is -3.73. The molecule has 0 bridgehead atoms. The fraction of sp³-hybridized carbons (Fsp3) is 0.160. The standard InChI is InChI=1S/C25H22N4O/c1-2-6-18(7-3-1)17-30-24-13-22-21(15-28-23(22)16-29-24)12-19-8-5-11-27-25(19)20-9-4-10-26-14-20/h1-4,6-7,9-10,12-16,28H,5,8,11,17H2/b19-12+. The quantitative estimate of drug-likeness (QED) is 0.506. The highest BCUT2D eigenvalue weighted by Crippen LogP contribution is 2.27. The summed E-state index contributed by atoms with van der Waals surface area (Å²) in [5.74, 6) is 0.621. The molecule has 1 aliphatic heterocycles. The average Bonchev–Trinajstić information content (AvgIpc) is 3.21. The van der Waals surface area contributed by atoms with Crippen LogP contribution in [0.4, 0.5) is 0 Å². The summed E-state index contributed by atoms with van der Waals surface area (Å²) < 4.78 is 5.93. The Kier molecular flexibility index (Phi) is 5.08. The smallest absolute Gasteiger partial charge is 0.214 e. The maximum atomic E-state index is 5.93. The molecule has 0 spiro atoms. The van der Waals surface area contributed by atoms with Crippen LogP contribution in [0.3, 0.4) is 0 Å². The largest absolute Gasteiger partial charge is 0.473 e. The van der Waals surface area contributed by atoms with E-state index in [2.05, 4.69) is 27.1 Å². The molecule has 3 aromatic heterocycles. The lowest BCUT2D eigenvalue weighted by atomic mass is 9.95. The summed E-state index contributed by atoms with van der Waals surface area (Å²) in [5, 5.41) is 1.09. The number of aromatic nitrogens is 3. The number of allylic oxidation sites excluding steroid dienone is 1. The maximum Gasteiger partial charge on any atom is 0.214 e. The van der Waals surface area contributed by atoms with Crippen LogP contribution in [-0.4, -0.2) is 27.2 Å². The van der Waals surface area contributed by atoms with Gasteiger partial charge in [-0.05, 0) is 42.2 Å². The van der Waals surface area contributed by atoms with E-state index in [1.165, 1.54) is 5.57 Å². The molecule has 0 saturated carbocycles. The summed E-state index contributed by atoms with van der Waals surface area (Å²) in [6.45, 7) is 1.36. The molecule has 0 atom stereocenters. The van der Waals surface area contributed by atoms with Crippen molar-refractivity contribution in [3.63, 3.8) is 0 Å². The maximum absolute atomic E-state index is 5.93. The summed E-state index contributed by atoms with van der Waals surface area (Å²) >= 11 is 0. The first kappa shape index (κ1) is 18.3. The van der Waals surface area contributed by atoms with Crippen molar-refractivity contribution >= 4 is 22.7 Å². The van der Waals surface area contributed by atoms with Crippen molar-refractivity contribution in [3.8, 4) is 5.88 Å². The molecule has 1 N–H and O–H groups in total. The van der Waals surface area contributed by atoms with Crippen LogP contribution in [0.15, 0.2) is 83.9 Å². The third kappa shape index (κ3) is 3.87. The molecule has 4 aromatic rings. The Labute approximate surface area is 175 Å². The molecule has 0 fully saturated rings. The van der Waals surface area contributed by atoms with E-state index in [9.17, 15) is 0 Å². The zero-order chi connectivity index (χ0) is 20.2. The van der Waals surface area contributed by atoms with Crippen LogP contribution in [0.1, 0.15) is 29.5 Å². The normalized spacial score (nSPS) is 15.3. The molecule has 148 valence electrons. The highest BCUT2D eigenvalue weighted by molar-refractivity contribution is 6.15. The van der Waals surface area contributed by atoms with E-state index >= 15 is 0 Å². The summed E-state index contributed by atoms with van der Waals surface area (Å²) in [7, 11) is 0. The fourth-order valence-corrected chi connectivity index (χ4v) is 3.74. The molecule has 30 heavy (non-hydrogen) atoms. The minimum atomic E-state index is 0.498. The van der Waals surface area contributed by atoms with Gasteiger partial charge in [0.15, 0.2) is 0 Å². The number of hydrogen-bond acceptors (Lipinski definition) is 4. The Morgan fingerprint density at radius 3 is 2.87 bits per heavy atom. The Morgan fingerprint density at radius 2 is 2.00 bits per heavy atom. The topological polar surface area (TPSA) is 63.2 Å². The average molecular weight is 394 g/mol. The second kappa shape index (κ2) is 8.33. The van der Waals surface area contributed by atoms with E-state index in [0.717, 1.165) is 52.7 Å². The van der Waals surface area contributed by atoms with Crippen LogP contribution in [0.2, 0.25) is 0 Å². The number of nitrogens with zero attached hydrogens (tertiary/aromatic N) is 3. The van der Waals surface area contributed by atoms with Crippen LogP contribution in [0.25, 0.3) is 17.0 Å². The van der Waals surface area contributed by atoms with E-state index in [0.29, 0.717) is 12.5 Å². The minimum Gasteiger partial charge on any atom is -0.473 e. The third-order valence-electron chi connectivity index (χ3n) is 5.25. The fourth-order valence-electron chi connectivity index (χ4n) is 3.74. The zero-order valence-corrected chi connectivity index (χ0v) is 16.6. The minimum absolute atomic E-state index is 0.498. The van der Waals surface area contributed by atoms with Crippen molar-refractivity contribution in [2.24, 2.45) is 4.99 Å².